The van der Waals surface area contributed by atoms with Gasteiger partial charge in [-0.2, -0.15) is 0 Å². The first-order valence-corrected chi connectivity index (χ1v) is 6.03. The maximum absolute atomic E-state index is 5.18. The van der Waals surface area contributed by atoms with Crippen LogP contribution in [0.3, 0.4) is 0 Å². The molecule has 0 N–H and O–H groups in total. The van der Waals surface area contributed by atoms with Gasteiger partial charge in [0.15, 0.2) is 0 Å². The van der Waals surface area contributed by atoms with E-state index in [1.807, 2.05) is 12.1 Å². The van der Waals surface area contributed by atoms with Crippen molar-refractivity contribution in [2.75, 3.05) is 13.7 Å². The zero-order chi connectivity index (χ0) is 12.4. The Labute approximate surface area is 107 Å². The van der Waals surface area contributed by atoms with Crippen LogP contribution in [0.15, 0.2) is 66.5 Å². The Bertz CT molecular complexity index is 561. The second-order valence-corrected chi connectivity index (χ2v) is 4.34. The number of ether oxygens (including phenoxy) is 1. The van der Waals surface area contributed by atoms with Crippen LogP contribution < -0.4 is 4.74 Å². The molecule has 18 heavy (non-hydrogen) atoms. The van der Waals surface area contributed by atoms with Crippen LogP contribution >= 0.6 is 0 Å². The van der Waals surface area contributed by atoms with Gasteiger partial charge in [-0.15, -0.1) is 0 Å². The highest BCUT2D eigenvalue weighted by atomic mass is 16.5. The lowest BCUT2D eigenvalue weighted by molar-refractivity contribution is 0.414. The molecule has 0 amide bonds. The molecule has 0 aromatic heterocycles. The van der Waals surface area contributed by atoms with Crippen molar-refractivity contribution in [1.82, 2.24) is 4.90 Å². The maximum Gasteiger partial charge on any atom is 0.118 e. The average molecular weight is 237 g/mol. The topological polar surface area (TPSA) is 12.5 Å². The van der Waals surface area contributed by atoms with E-state index < -0.39 is 0 Å². The molecule has 1 aromatic rings. The van der Waals surface area contributed by atoms with Crippen LogP contribution in [0.2, 0.25) is 0 Å². The minimum atomic E-state index is 0.896. The average Bonchev–Trinajstić information content (AvgIpc) is 2.47. The van der Waals surface area contributed by atoms with Crippen molar-refractivity contribution in [2.45, 2.75) is 0 Å². The highest BCUT2D eigenvalue weighted by molar-refractivity contribution is 5.71. The lowest BCUT2D eigenvalue weighted by Gasteiger charge is -2.28. The summed E-state index contributed by atoms with van der Waals surface area (Å²) in [4.78, 5) is 2.25. The van der Waals surface area contributed by atoms with Gasteiger partial charge in [-0.1, -0.05) is 24.3 Å². The number of benzene rings is 1. The maximum atomic E-state index is 5.18. The molecule has 0 saturated heterocycles. The summed E-state index contributed by atoms with van der Waals surface area (Å²) in [6.45, 7) is 0.916. The monoisotopic (exact) mass is 237 g/mol. The summed E-state index contributed by atoms with van der Waals surface area (Å²) in [7, 11) is 1.69. The van der Waals surface area contributed by atoms with Gasteiger partial charge in [0.1, 0.15) is 5.75 Å². The fourth-order valence-electron chi connectivity index (χ4n) is 2.20. The van der Waals surface area contributed by atoms with Crippen molar-refractivity contribution in [1.29, 1.82) is 0 Å². The van der Waals surface area contributed by atoms with Crippen LogP contribution in [0.4, 0.5) is 0 Å². The van der Waals surface area contributed by atoms with Crippen molar-refractivity contribution in [3.05, 3.63) is 72.1 Å². The number of fused-ring (bicyclic) bond motifs is 1. The molecule has 0 spiro atoms. The number of hydrogen-bond acceptors (Lipinski definition) is 2. The number of methoxy groups -OCH3 is 1. The van der Waals surface area contributed by atoms with E-state index in [0.29, 0.717) is 0 Å². The summed E-state index contributed by atoms with van der Waals surface area (Å²) in [6.07, 6.45) is 12.7. The largest absolute Gasteiger partial charge is 0.497 e. The van der Waals surface area contributed by atoms with Crippen LogP contribution in [-0.2, 0) is 0 Å². The van der Waals surface area contributed by atoms with Crippen molar-refractivity contribution in [2.24, 2.45) is 0 Å². The molecule has 0 aliphatic carbocycles. The number of nitrogens with zero attached hydrogens (tertiary/aromatic N) is 1. The van der Waals surface area contributed by atoms with E-state index in [-0.39, 0.29) is 0 Å². The van der Waals surface area contributed by atoms with E-state index in [1.54, 1.807) is 7.11 Å². The second-order valence-electron chi connectivity index (χ2n) is 4.34. The Morgan fingerprint density at radius 1 is 1.06 bits per heavy atom. The van der Waals surface area contributed by atoms with Crippen molar-refractivity contribution in [3.63, 3.8) is 0 Å². The molecule has 1 aromatic carbocycles. The Hall–Kier alpha value is -2.22. The van der Waals surface area contributed by atoms with Crippen molar-refractivity contribution < 1.29 is 4.74 Å². The molecule has 2 heteroatoms. The molecule has 90 valence electrons. The third-order valence-corrected chi connectivity index (χ3v) is 3.23. The van der Waals surface area contributed by atoms with Gasteiger partial charge in [0.05, 0.1) is 7.11 Å². The lowest BCUT2D eigenvalue weighted by atomic mass is 10.0. The molecule has 2 heterocycles. The quantitative estimate of drug-likeness (QED) is 0.782. The predicted octanol–water partition coefficient (Wildman–Crippen LogP) is 3.36. The molecule has 0 fully saturated rings. The standard InChI is InChI=1S/C16H15NO/c1-18-16-9-6-13(7-10-16)14-5-8-15-4-2-3-11-17(15)12-14/h2-11H,12H2,1H3. The number of hydrogen-bond donors (Lipinski definition) is 0. The molecule has 0 unspecified atom stereocenters. The molecule has 2 nitrogen and oxygen atoms in total. The van der Waals surface area contributed by atoms with E-state index in [0.717, 1.165) is 12.3 Å². The summed E-state index contributed by atoms with van der Waals surface area (Å²) in [5.74, 6) is 0.896. The molecule has 0 saturated carbocycles. The Balaban J connectivity index is 1.89. The Morgan fingerprint density at radius 2 is 1.89 bits per heavy atom. The van der Waals surface area contributed by atoms with Gasteiger partial charge in [-0.05, 0) is 41.5 Å². The van der Waals surface area contributed by atoms with Gasteiger partial charge in [0.25, 0.3) is 0 Å². The fraction of sp³-hybridized carbons (Fsp3) is 0.125. The zero-order valence-electron chi connectivity index (χ0n) is 10.3. The van der Waals surface area contributed by atoms with E-state index in [1.165, 1.54) is 16.8 Å². The van der Waals surface area contributed by atoms with E-state index in [9.17, 15) is 0 Å². The third-order valence-electron chi connectivity index (χ3n) is 3.23. The molecule has 2 aliphatic heterocycles. The van der Waals surface area contributed by atoms with Crippen LogP contribution in [0.25, 0.3) is 5.57 Å². The molecule has 0 atom stereocenters. The summed E-state index contributed by atoms with van der Waals surface area (Å²) in [5, 5.41) is 0. The highest BCUT2D eigenvalue weighted by Gasteiger charge is 2.13. The van der Waals surface area contributed by atoms with Crippen molar-refractivity contribution >= 4 is 5.57 Å². The minimum absolute atomic E-state index is 0.896. The van der Waals surface area contributed by atoms with Gasteiger partial charge >= 0.3 is 0 Å². The molecule has 2 aliphatic rings. The van der Waals surface area contributed by atoms with Crippen LogP contribution in [0.1, 0.15) is 5.56 Å². The van der Waals surface area contributed by atoms with Gasteiger partial charge in [0.2, 0.25) is 0 Å². The SMILES string of the molecule is COc1ccc(C2=CC=C3C=CC=CN3C2)cc1. The van der Waals surface area contributed by atoms with Crippen LogP contribution in [-0.4, -0.2) is 18.6 Å². The predicted molar refractivity (Wildman–Crippen MR) is 74.0 cm³/mol. The summed E-state index contributed by atoms with van der Waals surface area (Å²) < 4.78 is 5.18. The van der Waals surface area contributed by atoms with E-state index >= 15 is 0 Å². The third kappa shape index (κ3) is 1.97. The first kappa shape index (κ1) is 10.9. The number of rotatable bonds is 2. The summed E-state index contributed by atoms with van der Waals surface area (Å²) >= 11 is 0. The first-order valence-electron chi connectivity index (χ1n) is 6.03. The summed E-state index contributed by atoms with van der Waals surface area (Å²) in [6, 6.07) is 8.21. The second kappa shape index (κ2) is 4.57. The van der Waals surface area contributed by atoms with Gasteiger partial charge in [-0.3, -0.25) is 0 Å². The normalized spacial score (nSPS) is 17.1. The van der Waals surface area contributed by atoms with Crippen LogP contribution in [0.5, 0.6) is 5.75 Å². The highest BCUT2D eigenvalue weighted by Crippen LogP contribution is 2.26. The molecule has 0 bridgehead atoms. The number of allylic oxidation sites excluding steroid dienone is 5. The minimum Gasteiger partial charge on any atom is -0.497 e. The Morgan fingerprint density at radius 3 is 2.67 bits per heavy atom. The molecule has 3 rings (SSSR count). The lowest BCUT2D eigenvalue weighted by Crippen LogP contribution is -2.21. The molecular weight excluding hydrogens is 222 g/mol. The van der Waals surface area contributed by atoms with Crippen LogP contribution in [0, 0.1) is 0 Å². The van der Waals surface area contributed by atoms with Gasteiger partial charge in [-0.25, -0.2) is 0 Å². The van der Waals surface area contributed by atoms with Gasteiger partial charge < -0.3 is 9.64 Å². The van der Waals surface area contributed by atoms with Crippen molar-refractivity contribution in [3.8, 4) is 5.75 Å². The molecule has 0 radical (unpaired) electrons. The van der Waals surface area contributed by atoms with E-state index in [2.05, 4.69) is 53.6 Å². The smallest absolute Gasteiger partial charge is 0.118 e. The summed E-state index contributed by atoms with van der Waals surface area (Å²) in [5.41, 5.74) is 3.81. The fourth-order valence-corrected chi connectivity index (χ4v) is 2.20. The zero-order valence-corrected chi connectivity index (χ0v) is 10.3. The van der Waals surface area contributed by atoms with Gasteiger partial charge in [0, 0.05) is 18.4 Å². The first-order chi connectivity index (χ1) is 8.86. The molecular formula is C16H15NO. The van der Waals surface area contributed by atoms with E-state index in [4.69, 9.17) is 4.74 Å². The Kier molecular flexibility index (Phi) is 2.77.